The summed E-state index contributed by atoms with van der Waals surface area (Å²) in [6.07, 6.45) is 1.71. The molecule has 0 radical (unpaired) electrons. The fourth-order valence-corrected chi connectivity index (χ4v) is 4.67. The number of thiazole rings is 1. The monoisotopic (exact) mass is 451 g/mol. The molecule has 1 aromatic carbocycles. The summed E-state index contributed by atoms with van der Waals surface area (Å²) < 4.78 is 13.2. The molecule has 32 heavy (non-hydrogen) atoms. The number of furan rings is 1. The van der Waals surface area contributed by atoms with Gasteiger partial charge in [-0.25, -0.2) is 9.79 Å². The maximum absolute atomic E-state index is 13.5. The summed E-state index contributed by atoms with van der Waals surface area (Å²) in [6.45, 7) is 5.77. The van der Waals surface area contributed by atoms with Crippen LogP contribution in [0.1, 0.15) is 36.8 Å². The number of carbonyl (C=O) groups excluding carboxylic acids is 1. The number of allylic oxidation sites excluding steroid dienone is 1. The minimum Gasteiger partial charge on any atom is -0.463 e. The van der Waals surface area contributed by atoms with Gasteiger partial charge >= 0.3 is 5.97 Å². The molecule has 0 N–H and O–H groups in total. The van der Waals surface area contributed by atoms with Gasteiger partial charge in [-0.05, 0) is 32.4 Å². The Morgan fingerprint density at radius 1 is 1.22 bits per heavy atom. The molecule has 2 aromatic heterocycles. The van der Waals surface area contributed by atoms with Gasteiger partial charge in [0.1, 0.15) is 5.76 Å². The Kier molecular flexibility index (Phi) is 5.88. The predicted molar refractivity (Wildman–Crippen MR) is 125 cm³/mol. The van der Waals surface area contributed by atoms with Crippen molar-refractivity contribution in [2.45, 2.75) is 26.8 Å². The molecule has 0 unspecified atom stereocenters. The van der Waals surface area contributed by atoms with Crippen LogP contribution in [0, 0.1) is 6.92 Å². The van der Waals surface area contributed by atoms with E-state index in [1.54, 1.807) is 24.5 Å². The number of ether oxygens (including phenoxy) is 1. The number of aryl methyl sites for hydroxylation is 1. The van der Waals surface area contributed by atoms with Gasteiger partial charge in [-0.3, -0.25) is 9.36 Å². The highest BCUT2D eigenvalue weighted by molar-refractivity contribution is 7.07. The van der Waals surface area contributed by atoms with Gasteiger partial charge < -0.3 is 14.1 Å². The van der Waals surface area contributed by atoms with Crippen LogP contribution in [0.15, 0.2) is 61.9 Å². The van der Waals surface area contributed by atoms with E-state index in [0.29, 0.717) is 32.2 Å². The maximum atomic E-state index is 13.5. The van der Waals surface area contributed by atoms with Crippen LogP contribution in [0.25, 0.3) is 6.08 Å². The maximum Gasteiger partial charge on any atom is 0.338 e. The zero-order valence-corrected chi connectivity index (χ0v) is 19.5. The Hall–Kier alpha value is -3.39. The Balaban J connectivity index is 1.92. The van der Waals surface area contributed by atoms with Gasteiger partial charge in [0.05, 0.1) is 28.5 Å². The smallest absolute Gasteiger partial charge is 0.338 e. The van der Waals surface area contributed by atoms with Gasteiger partial charge in [-0.1, -0.05) is 41.2 Å². The summed E-state index contributed by atoms with van der Waals surface area (Å²) >= 11 is 1.28. The largest absolute Gasteiger partial charge is 0.463 e. The van der Waals surface area contributed by atoms with Crippen LogP contribution in [0.2, 0.25) is 0 Å². The highest BCUT2D eigenvalue weighted by Crippen LogP contribution is 2.30. The van der Waals surface area contributed by atoms with Crippen molar-refractivity contribution in [1.82, 2.24) is 4.57 Å². The second-order valence-corrected chi connectivity index (χ2v) is 8.79. The van der Waals surface area contributed by atoms with Crippen molar-refractivity contribution in [3.63, 3.8) is 0 Å². The molecule has 1 atom stereocenters. The molecule has 0 amide bonds. The average Bonchev–Trinajstić information content (AvgIpc) is 3.33. The first-order valence-electron chi connectivity index (χ1n) is 10.3. The van der Waals surface area contributed by atoms with E-state index in [9.17, 15) is 9.59 Å². The number of aromatic nitrogens is 1. The Morgan fingerprint density at radius 3 is 2.56 bits per heavy atom. The molecule has 0 fully saturated rings. The first-order chi connectivity index (χ1) is 15.3. The Morgan fingerprint density at radius 2 is 1.94 bits per heavy atom. The van der Waals surface area contributed by atoms with Gasteiger partial charge in [0, 0.05) is 26.2 Å². The van der Waals surface area contributed by atoms with Crippen LogP contribution >= 0.6 is 11.3 Å². The van der Waals surface area contributed by atoms with Crippen molar-refractivity contribution >= 4 is 29.3 Å². The number of anilines is 1. The van der Waals surface area contributed by atoms with Crippen molar-refractivity contribution in [2.75, 3.05) is 25.6 Å². The third-order valence-electron chi connectivity index (χ3n) is 5.24. The van der Waals surface area contributed by atoms with E-state index in [-0.39, 0.29) is 12.2 Å². The molecule has 3 heterocycles. The predicted octanol–water partition coefficient (Wildman–Crippen LogP) is 2.77. The number of nitrogens with zero attached hydrogens (tertiary/aromatic N) is 3. The van der Waals surface area contributed by atoms with E-state index in [1.165, 1.54) is 11.3 Å². The van der Waals surface area contributed by atoms with E-state index >= 15 is 0 Å². The normalized spacial score (nSPS) is 16.0. The number of fused-ring (bicyclic) bond motifs is 1. The van der Waals surface area contributed by atoms with E-state index in [2.05, 4.69) is 4.99 Å². The standard InChI is InChI=1S/C24H25N3O4S/c1-6-30-23(29)20-15(3)25-24-27(21(20)16-9-7-14(2)8-10-16)22(28)18(32-24)13-17-11-12-19(31-17)26(4)5/h7-13,21H,6H2,1-5H3/b18-13+/t21-/m0/s1. The van der Waals surface area contributed by atoms with E-state index in [4.69, 9.17) is 9.15 Å². The van der Waals surface area contributed by atoms with Crippen molar-refractivity contribution in [1.29, 1.82) is 0 Å². The Bertz CT molecular complexity index is 1370. The lowest BCUT2D eigenvalue weighted by Crippen LogP contribution is -2.39. The van der Waals surface area contributed by atoms with Gasteiger partial charge in [0.25, 0.3) is 5.56 Å². The van der Waals surface area contributed by atoms with E-state index in [1.807, 2.05) is 62.3 Å². The summed E-state index contributed by atoms with van der Waals surface area (Å²) in [7, 11) is 3.77. The zero-order valence-electron chi connectivity index (χ0n) is 18.7. The second-order valence-electron chi connectivity index (χ2n) is 7.78. The molecule has 0 aliphatic carbocycles. The van der Waals surface area contributed by atoms with Gasteiger partial charge in [0.2, 0.25) is 0 Å². The SMILES string of the molecule is CCOC(=O)C1=C(C)N=c2s/c(=C/c3ccc(N(C)C)o3)c(=O)n2[C@H]1c1ccc(C)cc1. The zero-order chi connectivity index (χ0) is 23.0. The van der Waals surface area contributed by atoms with E-state index < -0.39 is 12.0 Å². The summed E-state index contributed by atoms with van der Waals surface area (Å²) in [5.41, 5.74) is 2.62. The molecule has 0 bridgehead atoms. The van der Waals surface area contributed by atoms with Crippen LogP contribution in [0.4, 0.5) is 5.88 Å². The number of esters is 1. The van der Waals surface area contributed by atoms with Crippen molar-refractivity contribution in [2.24, 2.45) is 4.99 Å². The molecular formula is C24H25N3O4S. The topological polar surface area (TPSA) is 77.0 Å². The van der Waals surface area contributed by atoms with Crippen LogP contribution in [0.3, 0.4) is 0 Å². The number of hydrogen-bond acceptors (Lipinski definition) is 7. The lowest BCUT2D eigenvalue weighted by Gasteiger charge is -2.24. The molecule has 1 aliphatic rings. The average molecular weight is 452 g/mol. The molecular weight excluding hydrogens is 426 g/mol. The molecule has 166 valence electrons. The summed E-state index contributed by atoms with van der Waals surface area (Å²) in [6, 6.07) is 10.9. The van der Waals surface area contributed by atoms with Gasteiger partial charge in [-0.15, -0.1) is 0 Å². The fraction of sp³-hybridized carbons (Fsp3) is 0.292. The van der Waals surface area contributed by atoms with Crippen LogP contribution in [-0.2, 0) is 9.53 Å². The molecule has 8 heteroatoms. The van der Waals surface area contributed by atoms with Crippen LogP contribution in [-0.4, -0.2) is 31.2 Å². The summed E-state index contributed by atoms with van der Waals surface area (Å²) in [5.74, 6) is 0.810. The molecule has 4 rings (SSSR count). The molecule has 1 aliphatic heterocycles. The quantitative estimate of drug-likeness (QED) is 0.558. The van der Waals surface area contributed by atoms with Crippen molar-refractivity contribution in [3.8, 4) is 0 Å². The van der Waals surface area contributed by atoms with Crippen molar-refractivity contribution in [3.05, 3.63) is 84.2 Å². The summed E-state index contributed by atoms with van der Waals surface area (Å²) in [5, 5.41) is 0. The minimum absolute atomic E-state index is 0.226. The molecule has 0 saturated heterocycles. The lowest BCUT2D eigenvalue weighted by molar-refractivity contribution is -0.139. The van der Waals surface area contributed by atoms with Crippen LogP contribution in [0.5, 0.6) is 0 Å². The highest BCUT2D eigenvalue weighted by Gasteiger charge is 2.33. The van der Waals surface area contributed by atoms with Gasteiger partial charge in [0.15, 0.2) is 10.7 Å². The van der Waals surface area contributed by atoms with Crippen molar-refractivity contribution < 1.29 is 13.9 Å². The summed E-state index contributed by atoms with van der Waals surface area (Å²) in [4.78, 5) is 33.3. The number of carbonyl (C=O) groups is 1. The third kappa shape index (κ3) is 3.93. The molecule has 0 saturated carbocycles. The first-order valence-corrected chi connectivity index (χ1v) is 11.1. The van der Waals surface area contributed by atoms with Crippen LogP contribution < -0.4 is 19.8 Å². The number of rotatable bonds is 5. The second kappa shape index (κ2) is 8.63. The van der Waals surface area contributed by atoms with Gasteiger partial charge in [-0.2, -0.15) is 0 Å². The molecule has 3 aromatic rings. The first kappa shape index (κ1) is 21.8. The third-order valence-corrected chi connectivity index (χ3v) is 6.22. The fourth-order valence-electron chi connectivity index (χ4n) is 3.65. The highest BCUT2D eigenvalue weighted by atomic mass is 32.1. The number of hydrogen-bond donors (Lipinski definition) is 0. The molecule has 7 nitrogen and oxygen atoms in total. The molecule has 0 spiro atoms. The Labute approximate surface area is 189 Å². The van der Waals surface area contributed by atoms with E-state index in [0.717, 1.165) is 11.1 Å². The lowest BCUT2D eigenvalue weighted by atomic mass is 9.95. The number of benzene rings is 1. The minimum atomic E-state index is -0.609.